The van der Waals surface area contributed by atoms with Gasteiger partial charge in [0.2, 0.25) is 0 Å². The van der Waals surface area contributed by atoms with Gasteiger partial charge in [-0.1, -0.05) is 0 Å². The molecule has 3 aromatic heterocycles. The first-order valence-electron chi connectivity index (χ1n) is 10.7. The van der Waals surface area contributed by atoms with E-state index in [0.29, 0.717) is 35.9 Å². The van der Waals surface area contributed by atoms with Crippen LogP contribution in [0.3, 0.4) is 0 Å². The van der Waals surface area contributed by atoms with E-state index in [1.807, 2.05) is 13.0 Å². The number of aromatic nitrogens is 4. The molecule has 0 unspecified atom stereocenters. The van der Waals surface area contributed by atoms with Crippen molar-refractivity contribution in [2.24, 2.45) is 0 Å². The van der Waals surface area contributed by atoms with E-state index >= 15 is 0 Å². The van der Waals surface area contributed by atoms with Gasteiger partial charge in [0.1, 0.15) is 5.82 Å². The van der Waals surface area contributed by atoms with Crippen LogP contribution >= 0.6 is 0 Å². The smallest absolute Gasteiger partial charge is 0.255 e. The van der Waals surface area contributed by atoms with E-state index in [4.69, 9.17) is 9.72 Å². The Morgan fingerprint density at radius 2 is 1.97 bits per heavy atom. The lowest BCUT2D eigenvalue weighted by atomic mass is 9.90. The van der Waals surface area contributed by atoms with Gasteiger partial charge >= 0.3 is 0 Å². The van der Waals surface area contributed by atoms with Gasteiger partial charge in [0.15, 0.2) is 0 Å². The maximum Gasteiger partial charge on any atom is 0.255 e. The Balaban J connectivity index is 1.58. The van der Waals surface area contributed by atoms with E-state index < -0.39 is 5.41 Å². The van der Waals surface area contributed by atoms with Crippen LogP contribution in [0.25, 0.3) is 11.3 Å². The Morgan fingerprint density at radius 1 is 1.18 bits per heavy atom. The van der Waals surface area contributed by atoms with Crippen LogP contribution in [0.15, 0.2) is 43.0 Å². The Bertz CT molecular complexity index is 1210. The number of rotatable bonds is 5. The topological polar surface area (TPSA) is 117 Å². The zero-order chi connectivity index (χ0) is 23.4. The molecule has 1 fully saturated rings. The van der Waals surface area contributed by atoms with Gasteiger partial charge in [-0.15, -0.1) is 0 Å². The summed E-state index contributed by atoms with van der Waals surface area (Å²) in [4.78, 5) is 32.8. The fourth-order valence-electron chi connectivity index (χ4n) is 3.47. The second kappa shape index (κ2) is 9.30. The van der Waals surface area contributed by atoms with Crippen LogP contribution in [0, 0.1) is 18.3 Å². The quantitative estimate of drug-likeness (QED) is 0.639. The molecule has 4 heterocycles. The summed E-state index contributed by atoms with van der Waals surface area (Å²) in [7, 11) is 0. The van der Waals surface area contributed by atoms with Crippen molar-refractivity contribution in [3.63, 3.8) is 0 Å². The number of nitriles is 1. The molecule has 0 atom stereocenters. The van der Waals surface area contributed by atoms with Crippen LogP contribution in [-0.2, 0) is 10.2 Å². The fraction of sp³-hybridized carbons (Fsp3) is 0.333. The average Bonchev–Trinajstić information content (AvgIpc) is 2.86. The third-order valence-corrected chi connectivity index (χ3v) is 5.52. The number of nitrogens with one attached hydrogen (secondary N) is 1. The third kappa shape index (κ3) is 4.96. The fourth-order valence-corrected chi connectivity index (χ4v) is 3.47. The van der Waals surface area contributed by atoms with Crippen molar-refractivity contribution in [1.82, 2.24) is 19.9 Å². The number of carbonyl (C=O) groups excluding carboxylic acids is 1. The highest BCUT2D eigenvalue weighted by atomic mass is 16.5. The zero-order valence-corrected chi connectivity index (χ0v) is 18.9. The predicted molar refractivity (Wildman–Crippen MR) is 124 cm³/mol. The number of hydrogen-bond donors (Lipinski definition) is 1. The molecule has 1 N–H and O–H groups in total. The summed E-state index contributed by atoms with van der Waals surface area (Å²) in [6, 6.07) is 7.30. The molecule has 0 aliphatic carbocycles. The molecule has 168 valence electrons. The molecule has 0 aromatic carbocycles. The van der Waals surface area contributed by atoms with E-state index in [2.05, 4.69) is 31.2 Å². The van der Waals surface area contributed by atoms with Crippen molar-refractivity contribution >= 4 is 17.4 Å². The highest BCUT2D eigenvalue weighted by Crippen LogP contribution is 2.26. The van der Waals surface area contributed by atoms with Gasteiger partial charge in [0.25, 0.3) is 5.91 Å². The second-order valence-corrected chi connectivity index (χ2v) is 8.34. The number of carbonyl (C=O) groups is 1. The normalized spacial score (nSPS) is 13.9. The SMILES string of the molecule is Cc1ncc(NC(=O)c2ccnc(C(C)(C)C#N)c2)cc1-c1cncc(N2CCOCC2)n1. The number of pyridine rings is 2. The summed E-state index contributed by atoms with van der Waals surface area (Å²) in [5.41, 5.74) is 2.95. The minimum atomic E-state index is -0.793. The number of aryl methyl sites for hydroxylation is 1. The molecule has 1 aliphatic heterocycles. The van der Waals surface area contributed by atoms with Crippen LogP contribution in [-0.4, -0.2) is 52.1 Å². The lowest BCUT2D eigenvalue weighted by Crippen LogP contribution is -2.36. The van der Waals surface area contributed by atoms with Crippen LogP contribution < -0.4 is 10.2 Å². The molecule has 0 spiro atoms. The molecule has 9 nitrogen and oxygen atoms in total. The Hall–Kier alpha value is -3.90. The second-order valence-electron chi connectivity index (χ2n) is 8.34. The molecule has 1 amide bonds. The van der Waals surface area contributed by atoms with Crippen molar-refractivity contribution in [1.29, 1.82) is 5.26 Å². The van der Waals surface area contributed by atoms with Gasteiger partial charge in [-0.05, 0) is 39.0 Å². The number of ether oxygens (including phenoxy) is 1. The molecule has 1 aliphatic rings. The van der Waals surface area contributed by atoms with Crippen molar-refractivity contribution < 1.29 is 9.53 Å². The third-order valence-electron chi connectivity index (χ3n) is 5.52. The van der Waals surface area contributed by atoms with Crippen LogP contribution in [0.5, 0.6) is 0 Å². The largest absolute Gasteiger partial charge is 0.378 e. The molecule has 3 aromatic rings. The summed E-state index contributed by atoms with van der Waals surface area (Å²) >= 11 is 0. The first kappa shape index (κ1) is 22.3. The van der Waals surface area contributed by atoms with Crippen LogP contribution in [0.2, 0.25) is 0 Å². The Morgan fingerprint density at radius 3 is 2.73 bits per heavy atom. The van der Waals surface area contributed by atoms with Gasteiger partial charge in [-0.2, -0.15) is 5.26 Å². The van der Waals surface area contributed by atoms with Gasteiger partial charge in [-0.3, -0.25) is 19.7 Å². The van der Waals surface area contributed by atoms with Crippen molar-refractivity contribution in [3.8, 4) is 17.3 Å². The number of morpholine rings is 1. The molecule has 4 rings (SSSR count). The van der Waals surface area contributed by atoms with E-state index in [9.17, 15) is 10.1 Å². The molecule has 0 radical (unpaired) electrons. The summed E-state index contributed by atoms with van der Waals surface area (Å²) in [5, 5.41) is 12.2. The average molecular weight is 444 g/mol. The molecule has 0 bridgehead atoms. The lowest BCUT2D eigenvalue weighted by molar-refractivity contribution is 0.102. The molecule has 33 heavy (non-hydrogen) atoms. The van der Waals surface area contributed by atoms with Crippen LogP contribution in [0.1, 0.15) is 35.6 Å². The van der Waals surface area contributed by atoms with E-state index in [1.54, 1.807) is 44.6 Å². The molecular formula is C24H25N7O2. The minimum Gasteiger partial charge on any atom is -0.378 e. The lowest BCUT2D eigenvalue weighted by Gasteiger charge is -2.27. The first-order valence-corrected chi connectivity index (χ1v) is 10.7. The first-order chi connectivity index (χ1) is 15.9. The summed E-state index contributed by atoms with van der Waals surface area (Å²) in [6.07, 6.45) is 6.58. The van der Waals surface area contributed by atoms with Crippen LogP contribution in [0.4, 0.5) is 11.5 Å². The van der Waals surface area contributed by atoms with Crippen molar-refractivity contribution in [2.75, 3.05) is 36.5 Å². The summed E-state index contributed by atoms with van der Waals surface area (Å²) in [6.45, 7) is 8.28. The van der Waals surface area contributed by atoms with E-state index in [-0.39, 0.29) is 5.91 Å². The van der Waals surface area contributed by atoms with E-state index in [1.165, 1.54) is 6.20 Å². The predicted octanol–water partition coefficient (Wildman–Crippen LogP) is 3.13. The van der Waals surface area contributed by atoms with Gasteiger partial charge in [0.05, 0.1) is 60.4 Å². The van der Waals surface area contributed by atoms with Gasteiger partial charge in [0, 0.05) is 36.1 Å². The molecule has 1 saturated heterocycles. The summed E-state index contributed by atoms with van der Waals surface area (Å²) < 4.78 is 5.42. The van der Waals surface area contributed by atoms with E-state index in [0.717, 1.165) is 30.2 Å². The van der Waals surface area contributed by atoms with Gasteiger partial charge < -0.3 is 15.0 Å². The zero-order valence-electron chi connectivity index (χ0n) is 18.9. The minimum absolute atomic E-state index is 0.308. The number of nitrogens with zero attached hydrogens (tertiary/aromatic N) is 6. The summed E-state index contributed by atoms with van der Waals surface area (Å²) in [5.74, 6) is 0.478. The highest BCUT2D eigenvalue weighted by Gasteiger charge is 2.23. The van der Waals surface area contributed by atoms with Crippen molar-refractivity contribution in [3.05, 3.63) is 59.9 Å². The standard InChI is InChI=1S/C24H25N7O2/c1-16-19(20-13-26-14-22(30-20)31-6-8-33-9-7-31)11-18(12-28-16)29-23(32)17-4-5-27-21(10-17)24(2,3)15-25/h4-5,10-14H,6-9H2,1-3H3,(H,29,32). The number of hydrogen-bond acceptors (Lipinski definition) is 8. The molecular weight excluding hydrogens is 418 g/mol. The maximum absolute atomic E-state index is 12.9. The van der Waals surface area contributed by atoms with Gasteiger partial charge in [-0.25, -0.2) is 4.98 Å². The molecule has 9 heteroatoms. The number of anilines is 2. The molecule has 0 saturated carbocycles. The highest BCUT2D eigenvalue weighted by molar-refractivity contribution is 6.04. The number of amides is 1. The monoisotopic (exact) mass is 443 g/mol. The Kier molecular flexibility index (Phi) is 6.29. The van der Waals surface area contributed by atoms with Crippen molar-refractivity contribution in [2.45, 2.75) is 26.2 Å². The Labute approximate surface area is 192 Å². The maximum atomic E-state index is 12.9.